The van der Waals surface area contributed by atoms with Crippen LogP contribution in [0.15, 0.2) is 84.1 Å². The summed E-state index contributed by atoms with van der Waals surface area (Å²) in [5, 5.41) is 11.6. The van der Waals surface area contributed by atoms with Crippen LogP contribution in [0.4, 0.5) is 17.5 Å². The molecule has 3 aromatic heterocycles. The lowest BCUT2D eigenvalue weighted by molar-refractivity contribution is 0.532. The number of benzene rings is 2. The molecule has 5 aromatic rings. The molecule has 0 aliphatic heterocycles. The average Bonchev–Trinajstić information content (AvgIpc) is 3.53. The highest BCUT2D eigenvalue weighted by atomic mass is 32.2. The molecule has 1 atom stereocenters. The summed E-state index contributed by atoms with van der Waals surface area (Å²) >= 11 is 0. The van der Waals surface area contributed by atoms with Crippen LogP contribution in [0.25, 0.3) is 11.0 Å². The van der Waals surface area contributed by atoms with Gasteiger partial charge in [-0.05, 0) is 51.5 Å². The van der Waals surface area contributed by atoms with Crippen molar-refractivity contribution < 1.29 is 8.42 Å². The van der Waals surface area contributed by atoms with Crippen LogP contribution in [-0.4, -0.2) is 32.1 Å². The Morgan fingerprint density at radius 1 is 0.919 bits per heavy atom. The molecule has 2 aromatic carbocycles. The van der Waals surface area contributed by atoms with Gasteiger partial charge in [0.05, 0.1) is 22.2 Å². The summed E-state index contributed by atoms with van der Waals surface area (Å²) in [5.41, 5.74) is 3.04. The van der Waals surface area contributed by atoms with E-state index in [9.17, 15) is 8.42 Å². The monoisotopic (exact) mass is 515 g/mol. The third-order valence-electron chi connectivity index (χ3n) is 6.13. The van der Waals surface area contributed by atoms with Gasteiger partial charge in [-0.3, -0.25) is 4.68 Å². The number of nitrogens with zero attached hydrogens (tertiary/aromatic N) is 5. The predicted molar refractivity (Wildman–Crippen MR) is 146 cm³/mol. The molecule has 0 amide bonds. The van der Waals surface area contributed by atoms with Gasteiger partial charge in [-0.25, -0.2) is 12.4 Å². The van der Waals surface area contributed by atoms with Crippen molar-refractivity contribution in [3.63, 3.8) is 0 Å². The quantitative estimate of drug-likeness (QED) is 0.274. The van der Waals surface area contributed by atoms with E-state index in [2.05, 4.69) is 20.7 Å². The number of anilines is 3. The Kier molecular flexibility index (Phi) is 6.43. The van der Waals surface area contributed by atoms with E-state index in [0.717, 1.165) is 11.1 Å². The molecule has 9 nitrogen and oxygen atoms in total. The Morgan fingerprint density at radius 2 is 1.65 bits per heavy atom. The van der Waals surface area contributed by atoms with Gasteiger partial charge in [0.15, 0.2) is 5.65 Å². The highest BCUT2D eigenvalue weighted by Gasteiger charge is 2.23. The van der Waals surface area contributed by atoms with Crippen LogP contribution < -0.4 is 10.6 Å². The van der Waals surface area contributed by atoms with E-state index in [1.807, 2.05) is 68.9 Å². The van der Waals surface area contributed by atoms with Gasteiger partial charge in [-0.15, -0.1) is 0 Å². The van der Waals surface area contributed by atoms with Crippen molar-refractivity contribution in [2.24, 2.45) is 0 Å². The van der Waals surface area contributed by atoms with Crippen molar-refractivity contribution in [3.8, 4) is 0 Å². The lowest BCUT2D eigenvalue weighted by Gasteiger charge is -2.17. The minimum Gasteiger partial charge on any atom is -0.363 e. The van der Waals surface area contributed by atoms with Crippen molar-refractivity contribution in [2.45, 2.75) is 44.7 Å². The Bertz CT molecular complexity index is 1640. The van der Waals surface area contributed by atoms with Crippen molar-refractivity contribution >= 4 is 38.5 Å². The third-order valence-corrected chi connectivity index (χ3v) is 7.81. The number of hydrogen-bond donors (Lipinski definition) is 2. The summed E-state index contributed by atoms with van der Waals surface area (Å²) in [5.74, 6) is 0.788. The molecule has 3 heterocycles. The van der Waals surface area contributed by atoms with Gasteiger partial charge >= 0.3 is 0 Å². The highest BCUT2D eigenvalue weighted by molar-refractivity contribution is 7.90. The smallest absolute Gasteiger partial charge is 0.269 e. The molecule has 190 valence electrons. The van der Waals surface area contributed by atoms with E-state index in [1.165, 1.54) is 10.2 Å². The van der Waals surface area contributed by atoms with E-state index in [1.54, 1.807) is 36.5 Å². The van der Waals surface area contributed by atoms with Crippen LogP contribution in [0.5, 0.6) is 0 Å². The van der Waals surface area contributed by atoms with Crippen LogP contribution in [0.1, 0.15) is 44.0 Å². The maximum atomic E-state index is 13.6. The fraction of sp³-hybridized carbons (Fsp3) is 0.222. The lowest BCUT2D eigenvalue weighted by atomic mass is 10.1. The van der Waals surface area contributed by atoms with Gasteiger partial charge in [0.25, 0.3) is 10.0 Å². The first-order valence-electron chi connectivity index (χ1n) is 12.1. The molecule has 37 heavy (non-hydrogen) atoms. The maximum absolute atomic E-state index is 13.6. The van der Waals surface area contributed by atoms with Crippen molar-refractivity contribution in [1.29, 1.82) is 0 Å². The summed E-state index contributed by atoms with van der Waals surface area (Å²) in [6, 6.07) is 18.6. The number of aromatic nitrogens is 5. The van der Waals surface area contributed by atoms with Gasteiger partial charge in [-0.1, -0.05) is 48.0 Å². The molecule has 0 aliphatic rings. The number of nitrogens with one attached hydrogen (secondary N) is 2. The Hall–Kier alpha value is -4.18. The molecule has 0 spiro atoms. The molecule has 0 saturated heterocycles. The first kappa shape index (κ1) is 24.5. The first-order valence-corrected chi connectivity index (χ1v) is 13.5. The number of aryl methyl sites for hydroxylation is 1. The van der Waals surface area contributed by atoms with Crippen LogP contribution in [0.3, 0.4) is 0 Å². The molecule has 0 saturated carbocycles. The molecule has 0 fully saturated rings. The van der Waals surface area contributed by atoms with Gasteiger partial charge in [0, 0.05) is 24.5 Å². The van der Waals surface area contributed by atoms with E-state index in [0.29, 0.717) is 16.9 Å². The first-order chi connectivity index (χ1) is 17.7. The maximum Gasteiger partial charge on any atom is 0.269 e. The van der Waals surface area contributed by atoms with E-state index < -0.39 is 10.0 Å². The lowest BCUT2D eigenvalue weighted by Crippen LogP contribution is -2.14. The molecule has 0 aliphatic carbocycles. The molecule has 0 unspecified atom stereocenters. The van der Waals surface area contributed by atoms with Gasteiger partial charge in [-0.2, -0.15) is 15.1 Å². The zero-order valence-corrected chi connectivity index (χ0v) is 21.9. The van der Waals surface area contributed by atoms with Crippen LogP contribution in [0.2, 0.25) is 0 Å². The van der Waals surface area contributed by atoms with Crippen LogP contribution in [-0.2, 0) is 10.0 Å². The number of hydrogen-bond acceptors (Lipinski definition) is 7. The van der Waals surface area contributed by atoms with E-state index in [-0.39, 0.29) is 28.6 Å². The van der Waals surface area contributed by atoms with Crippen LogP contribution in [0, 0.1) is 6.92 Å². The topological polar surface area (TPSA) is 107 Å². The standard InChI is InChI=1S/C27H29N7O2S/c1-18(2)33-17-22(16-28-33)30-27-31-25(29-20(4)21-8-6-5-7-9-21)24-14-15-34(26(24)32-27)37(35,36)23-12-10-19(3)11-13-23/h5-18,20H,1-4H3,(H2,29,30,31,32)/t20-/m0/s1. The van der Waals surface area contributed by atoms with Crippen LogP contribution >= 0.6 is 0 Å². The van der Waals surface area contributed by atoms with Gasteiger partial charge in [0.1, 0.15) is 5.82 Å². The fourth-order valence-corrected chi connectivity index (χ4v) is 5.31. The molecule has 0 radical (unpaired) electrons. The second-order valence-electron chi connectivity index (χ2n) is 9.27. The second-order valence-corrected chi connectivity index (χ2v) is 11.1. The molecule has 10 heteroatoms. The number of fused-ring (bicyclic) bond motifs is 1. The highest BCUT2D eigenvalue weighted by Crippen LogP contribution is 2.30. The van der Waals surface area contributed by atoms with Crippen molar-refractivity contribution in [2.75, 3.05) is 10.6 Å². The van der Waals surface area contributed by atoms with Gasteiger partial charge < -0.3 is 10.6 Å². The predicted octanol–water partition coefficient (Wildman–Crippen LogP) is 5.67. The molecule has 0 bridgehead atoms. The minimum absolute atomic E-state index is 0.0760. The zero-order valence-electron chi connectivity index (χ0n) is 21.1. The van der Waals surface area contributed by atoms with Crippen molar-refractivity contribution in [1.82, 2.24) is 23.7 Å². The summed E-state index contributed by atoms with van der Waals surface area (Å²) in [4.78, 5) is 9.53. The average molecular weight is 516 g/mol. The summed E-state index contributed by atoms with van der Waals surface area (Å²) < 4.78 is 30.2. The Labute approximate surface area is 216 Å². The Morgan fingerprint density at radius 3 is 2.32 bits per heavy atom. The summed E-state index contributed by atoms with van der Waals surface area (Å²) in [7, 11) is -3.88. The normalized spacial score (nSPS) is 12.7. The minimum atomic E-state index is -3.88. The summed E-state index contributed by atoms with van der Waals surface area (Å²) in [6.45, 7) is 8.02. The summed E-state index contributed by atoms with van der Waals surface area (Å²) in [6.07, 6.45) is 5.07. The van der Waals surface area contributed by atoms with E-state index >= 15 is 0 Å². The SMILES string of the molecule is Cc1ccc(S(=O)(=O)n2ccc3c(N[C@@H](C)c4ccccc4)nc(Nc4cnn(C(C)C)c4)nc32)cc1. The largest absolute Gasteiger partial charge is 0.363 e. The zero-order chi connectivity index (χ0) is 26.2. The van der Waals surface area contributed by atoms with Crippen molar-refractivity contribution in [3.05, 3.63) is 90.4 Å². The second kappa shape index (κ2) is 9.70. The fourth-order valence-electron chi connectivity index (χ4n) is 4.02. The molecule has 5 rings (SSSR count). The molecular formula is C27H29N7O2S. The van der Waals surface area contributed by atoms with E-state index in [4.69, 9.17) is 4.98 Å². The number of rotatable bonds is 8. The molecule has 2 N–H and O–H groups in total. The van der Waals surface area contributed by atoms with Gasteiger partial charge in [0.2, 0.25) is 5.95 Å². The Balaban J connectivity index is 1.61. The molecular weight excluding hydrogens is 486 g/mol. The third kappa shape index (κ3) is 4.92.